The van der Waals surface area contributed by atoms with E-state index in [9.17, 15) is 14.4 Å². The first-order valence-electron chi connectivity index (χ1n) is 8.97. The highest BCUT2D eigenvalue weighted by atomic mass is 35.5. The fourth-order valence-corrected chi connectivity index (χ4v) is 2.92. The van der Waals surface area contributed by atoms with Crippen LogP contribution in [-0.4, -0.2) is 57.2 Å². The molecule has 0 aliphatic rings. The van der Waals surface area contributed by atoms with Crippen LogP contribution >= 0.6 is 11.6 Å². The van der Waals surface area contributed by atoms with Gasteiger partial charge in [0.05, 0.1) is 26.1 Å². The molecular formula is C17H22ClN5O6. The number of nitrogen functional groups attached to an aromatic ring is 1. The summed E-state index contributed by atoms with van der Waals surface area (Å²) in [4.78, 5) is 50.1. The third-order valence-corrected chi connectivity index (χ3v) is 4.30. The number of aryl methyl sites for hydroxylation is 1. The monoisotopic (exact) mass is 427 g/mol. The van der Waals surface area contributed by atoms with Gasteiger partial charge < -0.3 is 24.5 Å². The molecule has 0 aliphatic heterocycles. The predicted molar refractivity (Wildman–Crippen MR) is 102 cm³/mol. The largest absolute Gasteiger partial charge is 0.465 e. The van der Waals surface area contributed by atoms with E-state index in [2.05, 4.69) is 15.0 Å². The Morgan fingerprint density at radius 1 is 1.03 bits per heavy atom. The van der Waals surface area contributed by atoms with Crippen LogP contribution in [0.25, 0.3) is 11.2 Å². The van der Waals surface area contributed by atoms with Gasteiger partial charge in [0.25, 0.3) is 5.41 Å². The number of esters is 3. The molecule has 0 bridgehead atoms. The number of rotatable bonds is 9. The highest BCUT2D eigenvalue weighted by molar-refractivity contribution is 6.33. The van der Waals surface area contributed by atoms with Crippen LogP contribution in [0.3, 0.4) is 0 Å². The van der Waals surface area contributed by atoms with Gasteiger partial charge in [-0.2, -0.15) is 9.97 Å². The van der Waals surface area contributed by atoms with Gasteiger partial charge in [0, 0.05) is 13.0 Å². The molecule has 158 valence electrons. The van der Waals surface area contributed by atoms with Crippen molar-refractivity contribution in [3.05, 3.63) is 11.5 Å². The van der Waals surface area contributed by atoms with Gasteiger partial charge in [0.1, 0.15) is 5.52 Å². The average molecular weight is 428 g/mol. The first-order chi connectivity index (χ1) is 13.8. The van der Waals surface area contributed by atoms with Crippen LogP contribution in [0, 0.1) is 5.41 Å². The Morgan fingerprint density at radius 3 is 2.03 bits per heavy atom. The Morgan fingerprint density at radius 2 is 1.55 bits per heavy atom. The lowest BCUT2D eigenvalue weighted by atomic mass is 9.84. The second kappa shape index (κ2) is 9.50. The van der Waals surface area contributed by atoms with E-state index in [0.29, 0.717) is 0 Å². The lowest BCUT2D eigenvalue weighted by molar-refractivity contribution is -0.184. The first-order valence-corrected chi connectivity index (χ1v) is 9.35. The van der Waals surface area contributed by atoms with Crippen molar-refractivity contribution in [2.24, 2.45) is 5.41 Å². The van der Waals surface area contributed by atoms with Gasteiger partial charge in [-0.15, -0.1) is 0 Å². The van der Waals surface area contributed by atoms with Gasteiger partial charge in [0.2, 0.25) is 5.95 Å². The molecule has 0 fully saturated rings. The van der Waals surface area contributed by atoms with Crippen LogP contribution in [0.15, 0.2) is 6.33 Å². The highest BCUT2D eigenvalue weighted by Crippen LogP contribution is 2.30. The molecule has 12 heteroatoms. The van der Waals surface area contributed by atoms with Gasteiger partial charge in [-0.3, -0.25) is 14.4 Å². The normalized spacial score (nSPS) is 11.3. The van der Waals surface area contributed by atoms with Gasteiger partial charge >= 0.3 is 17.9 Å². The summed E-state index contributed by atoms with van der Waals surface area (Å²) in [5.74, 6) is -3.22. The Balaban J connectivity index is 2.47. The Kier molecular flexibility index (Phi) is 7.32. The fraction of sp³-hybridized carbons (Fsp3) is 0.529. The third-order valence-electron chi connectivity index (χ3n) is 4.04. The number of nitrogens with two attached hydrogens (primary N) is 1. The quantitative estimate of drug-likeness (QED) is 0.267. The maximum absolute atomic E-state index is 12.7. The Bertz CT molecular complexity index is 870. The van der Waals surface area contributed by atoms with E-state index >= 15 is 0 Å². The maximum atomic E-state index is 12.7. The third kappa shape index (κ3) is 4.39. The molecule has 0 aliphatic carbocycles. The Hall–Kier alpha value is -2.95. The van der Waals surface area contributed by atoms with Crippen molar-refractivity contribution in [2.75, 3.05) is 25.6 Å². The molecule has 2 aromatic rings. The van der Waals surface area contributed by atoms with E-state index in [4.69, 9.17) is 31.5 Å². The maximum Gasteiger partial charge on any atom is 0.335 e. The molecule has 0 saturated carbocycles. The van der Waals surface area contributed by atoms with Crippen LogP contribution in [0.2, 0.25) is 5.15 Å². The SMILES string of the molecule is CCOC(=O)C(CCn1cnc2c(Cl)nc(N)nc21)(C(=O)OCC)C(=O)OCC. The van der Waals surface area contributed by atoms with Crippen molar-refractivity contribution in [1.82, 2.24) is 19.5 Å². The molecule has 0 saturated heterocycles. The van der Waals surface area contributed by atoms with Gasteiger partial charge in [-0.05, 0) is 20.8 Å². The lowest BCUT2D eigenvalue weighted by Gasteiger charge is -2.27. The van der Waals surface area contributed by atoms with E-state index in [1.165, 1.54) is 10.9 Å². The molecule has 2 rings (SSSR count). The number of halogens is 1. The number of carbonyl (C=O) groups excluding carboxylic acids is 3. The molecule has 29 heavy (non-hydrogen) atoms. The van der Waals surface area contributed by atoms with E-state index < -0.39 is 23.3 Å². The van der Waals surface area contributed by atoms with Crippen LogP contribution in [0.5, 0.6) is 0 Å². The minimum absolute atomic E-state index is 0.0281. The second-order valence-electron chi connectivity index (χ2n) is 5.80. The fourth-order valence-electron chi connectivity index (χ4n) is 2.70. The molecular weight excluding hydrogens is 406 g/mol. The summed E-state index contributed by atoms with van der Waals surface area (Å²) < 4.78 is 16.5. The number of nitrogens with zero attached hydrogens (tertiary/aromatic N) is 4. The van der Waals surface area contributed by atoms with Crippen molar-refractivity contribution in [1.29, 1.82) is 0 Å². The van der Waals surface area contributed by atoms with Crippen molar-refractivity contribution in [3.8, 4) is 0 Å². The van der Waals surface area contributed by atoms with Crippen LogP contribution < -0.4 is 5.73 Å². The van der Waals surface area contributed by atoms with E-state index in [-0.39, 0.29) is 55.1 Å². The summed E-state index contributed by atoms with van der Waals surface area (Å²) in [6, 6.07) is 0. The highest BCUT2D eigenvalue weighted by Gasteiger charge is 2.57. The number of hydrogen-bond acceptors (Lipinski definition) is 10. The molecule has 0 atom stereocenters. The smallest absolute Gasteiger partial charge is 0.335 e. The molecule has 2 aromatic heterocycles. The van der Waals surface area contributed by atoms with Gasteiger partial charge in [0.15, 0.2) is 10.8 Å². The van der Waals surface area contributed by atoms with Crippen molar-refractivity contribution < 1.29 is 28.6 Å². The van der Waals surface area contributed by atoms with Crippen molar-refractivity contribution in [2.45, 2.75) is 33.7 Å². The summed E-state index contributed by atoms with van der Waals surface area (Å²) in [5.41, 5.74) is 3.91. The van der Waals surface area contributed by atoms with Crippen LogP contribution in [-0.2, 0) is 35.1 Å². The molecule has 2 heterocycles. The summed E-state index contributed by atoms with van der Waals surface area (Å²) in [7, 11) is 0. The second-order valence-corrected chi connectivity index (χ2v) is 6.16. The van der Waals surface area contributed by atoms with E-state index in [0.717, 1.165) is 0 Å². The van der Waals surface area contributed by atoms with Crippen molar-refractivity contribution in [3.63, 3.8) is 0 Å². The molecule has 2 N–H and O–H groups in total. The zero-order valence-electron chi connectivity index (χ0n) is 16.3. The number of ether oxygens (including phenoxy) is 3. The lowest BCUT2D eigenvalue weighted by Crippen LogP contribution is -2.50. The molecule has 0 radical (unpaired) electrons. The number of fused-ring (bicyclic) bond motifs is 1. The number of carbonyl (C=O) groups is 3. The van der Waals surface area contributed by atoms with Crippen LogP contribution in [0.4, 0.5) is 5.95 Å². The summed E-state index contributed by atoms with van der Waals surface area (Å²) in [6.07, 6.45) is 1.08. The molecule has 0 unspecified atom stereocenters. The first kappa shape index (κ1) is 22.3. The average Bonchev–Trinajstić information content (AvgIpc) is 3.06. The summed E-state index contributed by atoms with van der Waals surface area (Å²) >= 11 is 6.01. The van der Waals surface area contributed by atoms with Crippen molar-refractivity contribution >= 4 is 46.6 Å². The number of imidazole rings is 1. The standard InChI is InChI=1S/C17H22ClN5O6/c1-4-27-13(24)17(14(25)28-5-2,15(26)29-6-3)7-8-23-9-20-10-11(18)21-16(19)22-12(10)23/h9H,4-8H2,1-3H3,(H2,19,21,22). The van der Waals surface area contributed by atoms with E-state index in [1.807, 2.05) is 0 Å². The number of hydrogen-bond donors (Lipinski definition) is 1. The topological polar surface area (TPSA) is 149 Å². The number of aromatic nitrogens is 4. The Labute approximate surface area is 171 Å². The minimum Gasteiger partial charge on any atom is -0.465 e. The molecule has 0 amide bonds. The number of anilines is 1. The van der Waals surface area contributed by atoms with Gasteiger partial charge in [-0.25, -0.2) is 4.98 Å². The summed E-state index contributed by atoms with van der Waals surface area (Å²) in [6.45, 7) is 4.55. The van der Waals surface area contributed by atoms with E-state index in [1.54, 1.807) is 20.8 Å². The van der Waals surface area contributed by atoms with Crippen LogP contribution in [0.1, 0.15) is 27.2 Å². The zero-order chi connectivity index (χ0) is 21.6. The molecule has 11 nitrogen and oxygen atoms in total. The summed E-state index contributed by atoms with van der Waals surface area (Å²) in [5, 5.41) is 0.0543. The zero-order valence-corrected chi connectivity index (χ0v) is 17.1. The molecule has 0 spiro atoms. The minimum atomic E-state index is -2.29. The predicted octanol–water partition coefficient (Wildman–Crippen LogP) is 1.13. The molecule has 0 aromatic carbocycles. The van der Waals surface area contributed by atoms with Gasteiger partial charge in [-0.1, -0.05) is 11.6 Å².